The highest BCUT2D eigenvalue weighted by molar-refractivity contribution is 6.02. The van der Waals surface area contributed by atoms with Crippen molar-refractivity contribution in [3.63, 3.8) is 0 Å². The van der Waals surface area contributed by atoms with Gasteiger partial charge in [0, 0.05) is 71.1 Å². The standard InChI is InChI=1S/C52H80N6O25/c1-17-18(2)40(75-27(11)63)50(80-39(17)45(68)58-35-28(64)13-14-29(35)65)78-37-20(4)33(56-24(8)60)48(74-22(37)6)79-38-21(5)34(57-25(9)61)49(81-41-42(83-51(54)70)52(12,71)43(44(53)67)82-46(41)69)77-31(38)16-73-47-32(55-23(7)59)19(3)36(66)30(76-47)15-72-26(10)62/h17-22,30-34,36-43,46-50,64,66,69,71H,13-16H2,1-12H3,(H2,53,67)(H2,54,70)(H,55,59)(H,56,60)(H,57,61)(H,58,68)/t17-,18+,19-,20-,21-,22?,30?,31?,32?,33?,34?,36+,37+,38+,39?,40?,41?,42-,43?,46+,47-,48+,49+,50-,52+/m1/s1. The van der Waals surface area contributed by atoms with Gasteiger partial charge in [0.05, 0.1) is 49.1 Å². The van der Waals surface area contributed by atoms with E-state index in [-0.39, 0.29) is 24.3 Å². The number of ether oxygens (including phenoxy) is 12. The number of allylic oxidation sites excluding steroid dienone is 2. The quantitative estimate of drug-likeness (QED) is 0.0464. The van der Waals surface area contributed by atoms with Crippen LogP contribution in [0.1, 0.15) is 95.9 Å². The van der Waals surface area contributed by atoms with Crippen molar-refractivity contribution in [2.24, 2.45) is 41.1 Å². The van der Waals surface area contributed by atoms with Crippen molar-refractivity contribution in [3.05, 3.63) is 11.5 Å². The Balaban J connectivity index is 1.37. The Morgan fingerprint density at radius 3 is 1.69 bits per heavy atom. The summed E-state index contributed by atoms with van der Waals surface area (Å²) in [6.45, 7) is 15.8. The van der Waals surface area contributed by atoms with E-state index in [1.165, 1.54) is 20.8 Å². The molecule has 468 valence electrons. The van der Waals surface area contributed by atoms with Gasteiger partial charge in [0.15, 0.2) is 61.6 Å². The van der Waals surface area contributed by atoms with Crippen molar-refractivity contribution >= 4 is 53.4 Å². The number of amides is 6. The van der Waals surface area contributed by atoms with Crippen LogP contribution >= 0.6 is 0 Å². The van der Waals surface area contributed by atoms with Gasteiger partial charge in [0.2, 0.25) is 23.6 Å². The molecule has 0 radical (unpaired) electrons. The Morgan fingerprint density at radius 1 is 0.614 bits per heavy atom. The van der Waals surface area contributed by atoms with Crippen molar-refractivity contribution in [1.82, 2.24) is 21.3 Å². The molecule has 5 fully saturated rings. The van der Waals surface area contributed by atoms with Crippen LogP contribution in [-0.2, 0) is 95.2 Å². The predicted molar refractivity (Wildman–Crippen MR) is 275 cm³/mol. The number of Topliss-reactive ketones (excluding diaryl/α,β-unsaturated/α-hetero) is 1. The third-order valence-electron chi connectivity index (χ3n) is 16.0. The fourth-order valence-electron chi connectivity index (χ4n) is 11.5. The summed E-state index contributed by atoms with van der Waals surface area (Å²) < 4.78 is 73.4. The maximum absolute atomic E-state index is 13.8. The summed E-state index contributed by atoms with van der Waals surface area (Å²) in [5.74, 6) is -9.83. The topological polar surface area (TPSA) is 445 Å². The van der Waals surface area contributed by atoms with Gasteiger partial charge in [-0.15, -0.1) is 0 Å². The second-order valence-corrected chi connectivity index (χ2v) is 22.3. The van der Waals surface area contributed by atoms with Crippen LogP contribution in [0.2, 0.25) is 0 Å². The van der Waals surface area contributed by atoms with Crippen molar-refractivity contribution in [2.45, 2.75) is 218 Å². The largest absolute Gasteiger partial charge is 0.510 e. The lowest BCUT2D eigenvalue weighted by molar-refractivity contribution is -0.368. The first-order valence-electron chi connectivity index (χ1n) is 27.3. The first-order valence-corrected chi connectivity index (χ1v) is 27.3. The Hall–Kier alpha value is -5.71. The maximum Gasteiger partial charge on any atom is 0.404 e. The minimum atomic E-state index is -2.52. The monoisotopic (exact) mass is 1190 g/mol. The molecular weight excluding hydrogens is 1110 g/mol. The van der Waals surface area contributed by atoms with Crippen LogP contribution in [0.25, 0.3) is 0 Å². The molecule has 6 amide bonds. The average Bonchev–Trinajstić information content (AvgIpc) is 2.19. The van der Waals surface area contributed by atoms with Crippen molar-refractivity contribution in [2.75, 3.05) is 13.2 Å². The minimum Gasteiger partial charge on any atom is -0.510 e. The third-order valence-corrected chi connectivity index (χ3v) is 16.0. The summed E-state index contributed by atoms with van der Waals surface area (Å²) in [6.07, 6.45) is -25.4. The number of hydrogen-bond acceptors (Lipinski definition) is 25. The first kappa shape index (κ1) is 66.4. The number of aliphatic hydroxyl groups is 4. The van der Waals surface area contributed by atoms with E-state index in [4.69, 9.17) is 68.3 Å². The number of esters is 2. The van der Waals surface area contributed by atoms with E-state index < -0.39 is 218 Å². The molecule has 1 aliphatic carbocycles. The Morgan fingerprint density at radius 2 is 1.16 bits per heavy atom. The Labute approximate surface area is 477 Å². The van der Waals surface area contributed by atoms with Crippen molar-refractivity contribution in [1.29, 1.82) is 0 Å². The first-order chi connectivity index (χ1) is 38.7. The van der Waals surface area contributed by atoms with Crippen LogP contribution < -0.4 is 32.7 Å². The molecule has 0 saturated carbocycles. The molecule has 0 aromatic heterocycles. The molecule has 31 heteroatoms. The molecule has 6 rings (SSSR count). The van der Waals surface area contributed by atoms with Crippen LogP contribution in [0, 0.1) is 29.6 Å². The van der Waals surface area contributed by atoms with E-state index in [0.29, 0.717) is 0 Å². The summed E-state index contributed by atoms with van der Waals surface area (Å²) in [5, 5.41) is 55.4. The van der Waals surface area contributed by atoms with Gasteiger partial charge in [-0.3, -0.25) is 38.4 Å². The Kier molecular flexibility index (Phi) is 22.0. The number of carbonyl (C=O) groups excluding carboxylic acids is 9. The number of aliphatic hydroxyl groups excluding tert-OH is 3. The lowest BCUT2D eigenvalue weighted by Crippen LogP contribution is -2.71. The molecule has 10 unspecified atom stereocenters. The lowest BCUT2D eigenvalue weighted by atomic mass is 9.82. The molecule has 31 nitrogen and oxygen atoms in total. The molecule has 83 heavy (non-hydrogen) atoms. The SMILES string of the molecule is CC(=O)NC1[C@H](OCC2O[C@@H](OC3[C@@H](OC(N)=O)[C@](C)(O)C(C(N)=O)O[C@@H]3O)C(NC(C)=O)[C@@H](C)[C@@H]2O[C@@H]2OC(C)[C@@H](O[C@@H]3OC(C(=O)NC4=C(O)CCC4=O)[C@H](C)[C@H](C)C3OC(C)=O)[C@H](C)C2NC(C)=O)OC(COC(C)=O)[C@@H](O)[C@@H]1C. The molecule has 12 N–H and O–H groups in total. The van der Waals surface area contributed by atoms with E-state index in [9.17, 15) is 63.6 Å². The van der Waals surface area contributed by atoms with Crippen LogP contribution in [0.3, 0.4) is 0 Å². The fourth-order valence-corrected chi connectivity index (χ4v) is 11.5. The highest BCUT2D eigenvalue weighted by Crippen LogP contribution is 2.41. The summed E-state index contributed by atoms with van der Waals surface area (Å²) in [6, 6.07) is -3.53. The zero-order valence-corrected chi connectivity index (χ0v) is 48.2. The number of carbonyl (C=O) groups is 9. The van der Waals surface area contributed by atoms with Crippen LogP contribution in [0.5, 0.6) is 0 Å². The zero-order valence-electron chi connectivity index (χ0n) is 48.2. The third kappa shape index (κ3) is 15.4. The molecule has 5 heterocycles. The van der Waals surface area contributed by atoms with E-state index in [0.717, 1.165) is 20.8 Å². The molecule has 0 spiro atoms. The van der Waals surface area contributed by atoms with Crippen LogP contribution in [0.15, 0.2) is 11.5 Å². The van der Waals surface area contributed by atoms with Gasteiger partial charge in [-0.1, -0.05) is 34.6 Å². The average molecular weight is 1190 g/mol. The molecule has 6 aliphatic rings. The molecule has 0 bridgehead atoms. The smallest absolute Gasteiger partial charge is 0.404 e. The number of ketones is 1. The van der Waals surface area contributed by atoms with Crippen molar-refractivity contribution < 1.29 is 120 Å². The van der Waals surface area contributed by atoms with Gasteiger partial charge < -0.3 is 110 Å². The van der Waals surface area contributed by atoms with Crippen LogP contribution in [-0.4, -0.2) is 209 Å². The second-order valence-electron chi connectivity index (χ2n) is 22.3. The van der Waals surface area contributed by atoms with Gasteiger partial charge in [-0.25, -0.2) is 4.79 Å². The lowest BCUT2D eigenvalue weighted by Gasteiger charge is -2.52. The highest BCUT2D eigenvalue weighted by atomic mass is 16.8. The van der Waals surface area contributed by atoms with E-state index in [1.807, 2.05) is 0 Å². The van der Waals surface area contributed by atoms with Gasteiger partial charge in [0.1, 0.15) is 42.0 Å². The summed E-state index contributed by atoms with van der Waals surface area (Å²) in [4.78, 5) is 115. The van der Waals surface area contributed by atoms with Gasteiger partial charge in [-0.2, -0.15) is 0 Å². The molecule has 0 aromatic carbocycles. The molecular formula is C52H80N6O25. The maximum atomic E-state index is 13.8. The molecule has 25 atom stereocenters. The predicted octanol–water partition coefficient (Wildman–Crippen LogP) is -2.71. The van der Waals surface area contributed by atoms with E-state index >= 15 is 0 Å². The number of nitrogens with two attached hydrogens (primary N) is 2. The molecule has 5 saturated heterocycles. The number of hydrogen-bond donors (Lipinski definition) is 10. The number of nitrogens with one attached hydrogen (secondary N) is 4. The zero-order chi connectivity index (χ0) is 61.8. The van der Waals surface area contributed by atoms with Crippen LogP contribution in [0.4, 0.5) is 4.79 Å². The number of primary amides is 2. The van der Waals surface area contributed by atoms with Gasteiger partial charge in [0.25, 0.3) is 5.91 Å². The fraction of sp³-hybridized carbons (Fsp3) is 0.788. The van der Waals surface area contributed by atoms with Crippen molar-refractivity contribution in [3.8, 4) is 0 Å². The summed E-state index contributed by atoms with van der Waals surface area (Å²) >= 11 is 0. The molecule has 0 aromatic rings. The van der Waals surface area contributed by atoms with Gasteiger partial charge >= 0.3 is 18.0 Å². The highest BCUT2D eigenvalue weighted by Gasteiger charge is 2.60. The normalized spacial score (nSPS) is 41.0. The summed E-state index contributed by atoms with van der Waals surface area (Å²) in [5.41, 5.74) is 8.11. The second kappa shape index (κ2) is 27.5. The van der Waals surface area contributed by atoms with E-state index in [1.54, 1.807) is 41.5 Å². The summed E-state index contributed by atoms with van der Waals surface area (Å²) in [7, 11) is 0. The number of rotatable bonds is 19. The van der Waals surface area contributed by atoms with Gasteiger partial charge in [-0.05, 0) is 19.8 Å². The minimum absolute atomic E-state index is 0.00642. The Bertz CT molecular complexity index is 2450. The molecule has 5 aliphatic heterocycles. The van der Waals surface area contributed by atoms with E-state index in [2.05, 4.69) is 21.3 Å².